The van der Waals surface area contributed by atoms with Gasteiger partial charge in [-0.25, -0.2) is 0 Å². The first-order chi connectivity index (χ1) is 5.38. The van der Waals surface area contributed by atoms with Crippen molar-refractivity contribution in [2.24, 2.45) is 0 Å². The number of aliphatic hydroxyl groups excluding tert-OH is 1. The molecule has 1 aliphatic heterocycles. The van der Waals surface area contributed by atoms with Gasteiger partial charge >= 0.3 is 0 Å². The molecule has 0 bridgehead atoms. The molecule has 1 aromatic heterocycles. The van der Waals surface area contributed by atoms with E-state index in [0.29, 0.717) is 0 Å². The smallest absolute Gasteiger partial charge is 0.0794 e. The summed E-state index contributed by atoms with van der Waals surface area (Å²) in [6.07, 6.45) is 2.44. The molecule has 60 valence electrons. The minimum Gasteiger partial charge on any atom is -0.391 e. The van der Waals surface area contributed by atoms with Crippen LogP contribution in [0.5, 0.6) is 0 Å². The molecule has 2 N–H and O–H groups in total. The molecule has 3 nitrogen and oxygen atoms in total. The van der Waals surface area contributed by atoms with Gasteiger partial charge in [0.15, 0.2) is 0 Å². The fourth-order valence-electron chi connectivity index (χ4n) is 1.36. The van der Waals surface area contributed by atoms with Crippen molar-refractivity contribution in [2.45, 2.75) is 18.6 Å². The lowest BCUT2D eigenvalue weighted by molar-refractivity contribution is 0.161. The van der Waals surface area contributed by atoms with Crippen LogP contribution in [0.1, 0.15) is 17.3 Å². The second-order valence-electron chi connectivity index (χ2n) is 2.69. The van der Waals surface area contributed by atoms with Crippen molar-refractivity contribution in [3.8, 4) is 0 Å². The Balaban J connectivity index is 2.16. The zero-order valence-corrected chi connectivity index (χ0v) is 6.84. The summed E-state index contributed by atoms with van der Waals surface area (Å²) in [4.78, 5) is 5.10. The van der Waals surface area contributed by atoms with Gasteiger partial charge in [0.05, 0.1) is 17.7 Å². The molecule has 1 fully saturated rings. The quantitative estimate of drug-likeness (QED) is 0.646. The molecule has 0 aromatic carbocycles. The van der Waals surface area contributed by atoms with Crippen molar-refractivity contribution < 1.29 is 5.11 Å². The molecule has 1 aliphatic rings. The van der Waals surface area contributed by atoms with Gasteiger partial charge in [-0.15, -0.1) is 11.3 Å². The molecule has 4 heteroatoms. The Bertz CT molecular complexity index is 224. The van der Waals surface area contributed by atoms with Crippen molar-refractivity contribution in [1.82, 2.24) is 10.3 Å². The van der Waals surface area contributed by atoms with E-state index in [2.05, 4.69) is 10.3 Å². The fourth-order valence-corrected chi connectivity index (χ4v) is 2.11. The topological polar surface area (TPSA) is 45.1 Å². The zero-order chi connectivity index (χ0) is 7.68. The molecule has 2 heterocycles. The van der Waals surface area contributed by atoms with Gasteiger partial charge in [-0.2, -0.15) is 0 Å². The summed E-state index contributed by atoms with van der Waals surface area (Å²) >= 11 is 1.59. The van der Waals surface area contributed by atoms with Crippen LogP contribution >= 0.6 is 11.3 Å². The maximum Gasteiger partial charge on any atom is 0.0794 e. The number of hydrogen-bond donors (Lipinski definition) is 2. The third-order valence-corrected chi connectivity index (χ3v) is 2.81. The van der Waals surface area contributed by atoms with Gasteiger partial charge in [-0.3, -0.25) is 4.98 Å². The highest BCUT2D eigenvalue weighted by molar-refractivity contribution is 7.09. The predicted molar refractivity (Wildman–Crippen MR) is 43.5 cm³/mol. The van der Waals surface area contributed by atoms with Crippen molar-refractivity contribution >= 4 is 11.3 Å². The number of rotatable bonds is 1. The lowest BCUT2D eigenvalue weighted by Crippen LogP contribution is -2.19. The molecule has 1 saturated heterocycles. The maximum atomic E-state index is 9.48. The number of nitrogens with one attached hydrogen (secondary N) is 1. The first kappa shape index (κ1) is 7.21. The van der Waals surface area contributed by atoms with Gasteiger partial charge in [-0.05, 0) is 13.0 Å². The molecule has 0 saturated carbocycles. The van der Waals surface area contributed by atoms with E-state index in [-0.39, 0.29) is 12.1 Å². The van der Waals surface area contributed by atoms with Gasteiger partial charge in [0.25, 0.3) is 0 Å². The molecule has 2 unspecified atom stereocenters. The summed E-state index contributed by atoms with van der Waals surface area (Å²) in [5.74, 6) is 0. The van der Waals surface area contributed by atoms with Gasteiger partial charge in [0.2, 0.25) is 0 Å². The SMILES string of the molecule is OC1CCNC1c1cncs1. The monoisotopic (exact) mass is 170 g/mol. The van der Waals surface area contributed by atoms with E-state index in [0.717, 1.165) is 17.8 Å². The van der Waals surface area contributed by atoms with Crippen LogP contribution in [0.2, 0.25) is 0 Å². The molecule has 2 atom stereocenters. The number of aliphatic hydroxyl groups is 1. The Hall–Kier alpha value is -0.450. The average Bonchev–Trinajstić information content (AvgIpc) is 2.55. The molecular formula is C7H10N2OS. The summed E-state index contributed by atoms with van der Waals surface area (Å²) in [6, 6.07) is 0.127. The van der Waals surface area contributed by atoms with E-state index >= 15 is 0 Å². The van der Waals surface area contributed by atoms with Crippen molar-refractivity contribution in [1.29, 1.82) is 0 Å². The average molecular weight is 170 g/mol. The molecule has 1 aromatic rings. The van der Waals surface area contributed by atoms with Crippen molar-refractivity contribution in [3.63, 3.8) is 0 Å². The van der Waals surface area contributed by atoms with Crippen LogP contribution in [-0.4, -0.2) is 22.7 Å². The third-order valence-electron chi connectivity index (χ3n) is 1.95. The molecule has 0 radical (unpaired) electrons. The Labute approximate surface area is 69.1 Å². The molecular weight excluding hydrogens is 160 g/mol. The number of aromatic nitrogens is 1. The second kappa shape index (κ2) is 2.89. The molecule has 11 heavy (non-hydrogen) atoms. The highest BCUT2D eigenvalue weighted by Crippen LogP contribution is 2.25. The van der Waals surface area contributed by atoms with Crippen molar-refractivity contribution in [3.05, 3.63) is 16.6 Å². The van der Waals surface area contributed by atoms with E-state index in [4.69, 9.17) is 0 Å². The maximum absolute atomic E-state index is 9.48. The standard InChI is InChI=1S/C7H10N2OS/c10-5-1-2-9-7(5)6-3-8-4-11-6/h3-5,7,9-10H,1-2H2. The fraction of sp³-hybridized carbons (Fsp3) is 0.571. The summed E-state index contributed by atoms with van der Waals surface area (Å²) in [5.41, 5.74) is 1.79. The lowest BCUT2D eigenvalue weighted by Gasteiger charge is -2.10. The van der Waals surface area contributed by atoms with E-state index < -0.39 is 0 Å². The van der Waals surface area contributed by atoms with Crippen LogP contribution in [-0.2, 0) is 0 Å². The number of thiazole rings is 1. The lowest BCUT2D eigenvalue weighted by atomic mass is 10.1. The highest BCUT2D eigenvalue weighted by atomic mass is 32.1. The Morgan fingerprint density at radius 2 is 2.64 bits per heavy atom. The second-order valence-corrected chi connectivity index (χ2v) is 3.61. The van der Waals surface area contributed by atoms with Gasteiger partial charge in [-0.1, -0.05) is 0 Å². The number of hydrogen-bond acceptors (Lipinski definition) is 4. The molecule has 0 spiro atoms. The Morgan fingerprint density at radius 3 is 3.18 bits per heavy atom. The minimum atomic E-state index is -0.226. The molecule has 2 rings (SSSR count). The third kappa shape index (κ3) is 1.29. The minimum absolute atomic E-state index is 0.127. The summed E-state index contributed by atoms with van der Waals surface area (Å²) in [6.45, 7) is 0.906. The zero-order valence-electron chi connectivity index (χ0n) is 6.03. The van der Waals surface area contributed by atoms with Crippen LogP contribution < -0.4 is 5.32 Å². The van der Waals surface area contributed by atoms with Crippen LogP contribution in [0.4, 0.5) is 0 Å². The van der Waals surface area contributed by atoms with Crippen LogP contribution in [0.25, 0.3) is 0 Å². The van der Waals surface area contributed by atoms with E-state index in [1.165, 1.54) is 0 Å². The first-order valence-electron chi connectivity index (χ1n) is 3.68. The van der Waals surface area contributed by atoms with E-state index in [9.17, 15) is 5.11 Å². The van der Waals surface area contributed by atoms with Gasteiger partial charge in [0.1, 0.15) is 0 Å². The van der Waals surface area contributed by atoms with E-state index in [1.54, 1.807) is 16.8 Å². The highest BCUT2D eigenvalue weighted by Gasteiger charge is 2.26. The predicted octanol–water partition coefficient (Wildman–Crippen LogP) is 0.538. The normalized spacial score (nSPS) is 31.0. The van der Waals surface area contributed by atoms with Gasteiger partial charge in [0, 0.05) is 11.1 Å². The Kier molecular flexibility index (Phi) is 1.89. The van der Waals surface area contributed by atoms with Crippen molar-refractivity contribution in [2.75, 3.05) is 6.54 Å². The number of nitrogens with zero attached hydrogens (tertiary/aromatic N) is 1. The molecule has 0 aliphatic carbocycles. The Morgan fingerprint density at radius 1 is 1.73 bits per heavy atom. The first-order valence-corrected chi connectivity index (χ1v) is 4.56. The largest absolute Gasteiger partial charge is 0.391 e. The summed E-state index contributed by atoms with van der Waals surface area (Å²) in [5, 5.41) is 12.7. The summed E-state index contributed by atoms with van der Waals surface area (Å²) in [7, 11) is 0. The van der Waals surface area contributed by atoms with Crippen LogP contribution in [0.3, 0.4) is 0 Å². The van der Waals surface area contributed by atoms with Gasteiger partial charge < -0.3 is 10.4 Å². The summed E-state index contributed by atoms with van der Waals surface area (Å²) < 4.78 is 0. The van der Waals surface area contributed by atoms with Crippen LogP contribution in [0, 0.1) is 0 Å². The molecule has 0 amide bonds. The van der Waals surface area contributed by atoms with E-state index in [1.807, 2.05) is 6.20 Å². The van der Waals surface area contributed by atoms with Crippen LogP contribution in [0.15, 0.2) is 11.7 Å².